The van der Waals surface area contributed by atoms with E-state index in [1.165, 1.54) is 55.6 Å². The summed E-state index contributed by atoms with van der Waals surface area (Å²) in [5.74, 6) is 0.345. The highest BCUT2D eigenvalue weighted by Crippen LogP contribution is 2.28. The second-order valence-corrected chi connectivity index (χ2v) is 10.3. The van der Waals surface area contributed by atoms with Crippen molar-refractivity contribution >= 4 is 54.6 Å². The quantitative estimate of drug-likeness (QED) is 0.507. The molecule has 2 N–H and O–H groups in total. The average molecular weight is 487 g/mol. The predicted molar refractivity (Wildman–Crippen MR) is 118 cm³/mol. The van der Waals surface area contributed by atoms with Crippen molar-refractivity contribution in [3.63, 3.8) is 0 Å². The fraction of sp³-hybridized carbons (Fsp3) is 0.0526. The third-order valence-electron chi connectivity index (χ3n) is 3.93. The molecule has 0 amide bonds. The van der Waals surface area contributed by atoms with E-state index in [9.17, 15) is 16.8 Å². The van der Waals surface area contributed by atoms with Gasteiger partial charge in [-0.3, -0.25) is 9.44 Å². The normalized spacial score (nSPS) is 11.7. The maximum atomic E-state index is 12.6. The summed E-state index contributed by atoms with van der Waals surface area (Å²) in [6.07, 6.45) is 0. The second kappa shape index (κ2) is 8.73. The molecule has 0 aliphatic rings. The minimum absolute atomic E-state index is 0.0436. The van der Waals surface area contributed by atoms with E-state index in [4.69, 9.17) is 27.9 Å². The highest BCUT2D eigenvalue weighted by molar-refractivity contribution is 7.93. The van der Waals surface area contributed by atoms with E-state index >= 15 is 0 Å². The van der Waals surface area contributed by atoms with E-state index in [0.717, 1.165) is 0 Å². The monoisotopic (exact) mass is 486 g/mol. The first kappa shape index (κ1) is 22.2. The lowest BCUT2D eigenvalue weighted by Crippen LogP contribution is -2.14. The van der Waals surface area contributed by atoms with Crippen molar-refractivity contribution in [2.45, 2.75) is 9.79 Å². The van der Waals surface area contributed by atoms with Crippen molar-refractivity contribution in [3.05, 3.63) is 76.8 Å². The fourth-order valence-electron chi connectivity index (χ4n) is 2.50. The van der Waals surface area contributed by atoms with Crippen LogP contribution < -0.4 is 14.2 Å². The summed E-state index contributed by atoms with van der Waals surface area (Å²) in [5, 5.41) is 0.535. The number of ether oxygens (including phenoxy) is 1. The number of halogens is 2. The summed E-state index contributed by atoms with van der Waals surface area (Å²) < 4.78 is 59.9. The Morgan fingerprint density at radius 1 is 0.733 bits per heavy atom. The van der Waals surface area contributed by atoms with Gasteiger partial charge in [-0.2, -0.15) is 0 Å². The molecule has 0 aliphatic heterocycles. The standard InChI is InChI=1S/C19H16Cl2N2O5S2/c1-28-19-10-9-17(12-18(19)21)30(26,27)22-14-5-7-16(8-6-14)29(24,25)23-15-4-2-3-13(20)11-15/h2-12,22-23H,1H3. The van der Waals surface area contributed by atoms with E-state index in [1.807, 2.05) is 0 Å². The molecule has 0 unspecified atom stereocenters. The fourth-order valence-corrected chi connectivity index (χ4v) is 5.14. The molecule has 0 saturated heterocycles. The van der Waals surface area contributed by atoms with Gasteiger partial charge < -0.3 is 4.74 Å². The SMILES string of the molecule is COc1ccc(S(=O)(=O)Nc2ccc(S(=O)(=O)Nc3cccc(Cl)c3)cc2)cc1Cl. The zero-order chi connectivity index (χ0) is 21.9. The van der Waals surface area contributed by atoms with Crippen LogP contribution >= 0.6 is 23.2 Å². The number of hydrogen-bond donors (Lipinski definition) is 2. The predicted octanol–water partition coefficient (Wildman–Crippen LogP) is 4.60. The van der Waals surface area contributed by atoms with Gasteiger partial charge in [-0.05, 0) is 60.7 Å². The largest absolute Gasteiger partial charge is 0.495 e. The van der Waals surface area contributed by atoms with Crippen molar-refractivity contribution in [2.24, 2.45) is 0 Å². The number of nitrogens with one attached hydrogen (secondary N) is 2. The molecule has 0 aromatic heterocycles. The Balaban J connectivity index is 1.79. The first-order valence-electron chi connectivity index (χ1n) is 8.35. The van der Waals surface area contributed by atoms with Crippen molar-refractivity contribution < 1.29 is 21.6 Å². The minimum atomic E-state index is -3.93. The third kappa shape index (κ3) is 5.17. The summed E-state index contributed by atoms with van der Waals surface area (Å²) in [6, 6.07) is 15.6. The van der Waals surface area contributed by atoms with E-state index < -0.39 is 20.0 Å². The van der Waals surface area contributed by atoms with Gasteiger partial charge in [0.25, 0.3) is 20.0 Å². The molecule has 0 bridgehead atoms. The number of methoxy groups -OCH3 is 1. The molecule has 0 aliphatic carbocycles. The number of rotatable bonds is 7. The topological polar surface area (TPSA) is 102 Å². The molecule has 0 spiro atoms. The molecular weight excluding hydrogens is 471 g/mol. The van der Waals surface area contributed by atoms with E-state index in [-0.39, 0.29) is 20.5 Å². The Morgan fingerprint density at radius 3 is 1.93 bits per heavy atom. The van der Waals surface area contributed by atoms with Gasteiger partial charge in [0.05, 0.1) is 27.6 Å². The lowest BCUT2D eigenvalue weighted by Gasteiger charge is -2.11. The summed E-state index contributed by atoms with van der Waals surface area (Å²) in [5.41, 5.74) is 0.493. The molecule has 3 aromatic carbocycles. The Bertz CT molecular complexity index is 1280. The highest BCUT2D eigenvalue weighted by Gasteiger charge is 2.18. The van der Waals surface area contributed by atoms with Crippen LogP contribution in [0.5, 0.6) is 5.75 Å². The molecule has 7 nitrogen and oxygen atoms in total. The first-order valence-corrected chi connectivity index (χ1v) is 12.1. The number of benzene rings is 3. The molecule has 30 heavy (non-hydrogen) atoms. The zero-order valence-electron chi connectivity index (χ0n) is 15.5. The Kier molecular flexibility index (Phi) is 6.47. The lowest BCUT2D eigenvalue weighted by molar-refractivity contribution is 0.414. The maximum absolute atomic E-state index is 12.6. The smallest absolute Gasteiger partial charge is 0.261 e. The van der Waals surface area contributed by atoms with Crippen LogP contribution in [0.2, 0.25) is 10.0 Å². The molecule has 3 rings (SSSR count). The number of hydrogen-bond acceptors (Lipinski definition) is 5. The van der Waals surface area contributed by atoms with Gasteiger partial charge in [0.1, 0.15) is 5.75 Å². The molecular formula is C19H16Cl2N2O5S2. The van der Waals surface area contributed by atoms with E-state index in [2.05, 4.69) is 9.44 Å². The van der Waals surface area contributed by atoms with Crippen LogP contribution in [0.15, 0.2) is 76.5 Å². The van der Waals surface area contributed by atoms with Crippen molar-refractivity contribution in [1.29, 1.82) is 0 Å². The summed E-state index contributed by atoms with van der Waals surface area (Å²) in [6.45, 7) is 0. The molecule has 0 radical (unpaired) electrons. The molecule has 0 atom stereocenters. The van der Waals surface area contributed by atoms with Crippen LogP contribution in [0.1, 0.15) is 0 Å². The van der Waals surface area contributed by atoms with Gasteiger partial charge in [-0.25, -0.2) is 16.8 Å². The van der Waals surface area contributed by atoms with Gasteiger partial charge >= 0.3 is 0 Å². The van der Waals surface area contributed by atoms with Gasteiger partial charge in [0, 0.05) is 10.7 Å². The average Bonchev–Trinajstić information content (AvgIpc) is 2.67. The second-order valence-electron chi connectivity index (χ2n) is 6.04. The Morgan fingerprint density at radius 2 is 1.33 bits per heavy atom. The van der Waals surface area contributed by atoms with Crippen LogP contribution in [-0.2, 0) is 20.0 Å². The van der Waals surface area contributed by atoms with Gasteiger partial charge in [-0.15, -0.1) is 0 Å². The van der Waals surface area contributed by atoms with Crippen LogP contribution in [0.4, 0.5) is 11.4 Å². The molecule has 11 heteroatoms. The zero-order valence-corrected chi connectivity index (χ0v) is 18.6. The summed E-state index contributed by atoms with van der Waals surface area (Å²) in [7, 11) is -6.38. The van der Waals surface area contributed by atoms with Crippen molar-refractivity contribution in [1.82, 2.24) is 0 Å². The molecule has 0 heterocycles. The summed E-state index contributed by atoms with van der Waals surface area (Å²) >= 11 is 11.9. The van der Waals surface area contributed by atoms with E-state index in [0.29, 0.717) is 16.5 Å². The molecule has 3 aromatic rings. The van der Waals surface area contributed by atoms with Crippen molar-refractivity contribution in [3.8, 4) is 5.75 Å². The Labute approximate surface area is 184 Å². The van der Waals surface area contributed by atoms with Gasteiger partial charge in [0.15, 0.2) is 0 Å². The summed E-state index contributed by atoms with van der Waals surface area (Å²) in [4.78, 5) is -0.106. The van der Waals surface area contributed by atoms with Crippen LogP contribution in [0.25, 0.3) is 0 Å². The molecule has 0 saturated carbocycles. The molecule has 158 valence electrons. The molecule has 0 fully saturated rings. The minimum Gasteiger partial charge on any atom is -0.495 e. The Hall–Kier alpha value is -2.46. The van der Waals surface area contributed by atoms with Crippen LogP contribution in [-0.4, -0.2) is 23.9 Å². The highest BCUT2D eigenvalue weighted by atomic mass is 35.5. The lowest BCUT2D eigenvalue weighted by atomic mass is 10.3. The third-order valence-corrected chi connectivity index (χ3v) is 7.23. The van der Waals surface area contributed by atoms with Gasteiger partial charge in [0.2, 0.25) is 0 Å². The number of anilines is 2. The van der Waals surface area contributed by atoms with Gasteiger partial charge in [-0.1, -0.05) is 29.3 Å². The van der Waals surface area contributed by atoms with Crippen LogP contribution in [0.3, 0.4) is 0 Å². The maximum Gasteiger partial charge on any atom is 0.261 e. The van der Waals surface area contributed by atoms with Crippen LogP contribution in [0, 0.1) is 0 Å². The van der Waals surface area contributed by atoms with E-state index in [1.54, 1.807) is 18.2 Å². The van der Waals surface area contributed by atoms with Crippen molar-refractivity contribution in [2.75, 3.05) is 16.6 Å². The number of sulfonamides is 2. The first-order chi connectivity index (χ1) is 14.1.